The van der Waals surface area contributed by atoms with Gasteiger partial charge in [0, 0.05) is 6.42 Å². The van der Waals surface area contributed by atoms with Crippen molar-refractivity contribution in [2.24, 2.45) is 0 Å². The minimum atomic E-state index is 0.381. The minimum Gasteiger partial charge on any atom is -0.459 e. The summed E-state index contributed by atoms with van der Waals surface area (Å²) in [6.45, 7) is 2.70. The number of furan rings is 1. The molecule has 0 bridgehead atoms. The Morgan fingerprint density at radius 2 is 2.04 bits per heavy atom. The van der Waals surface area contributed by atoms with Gasteiger partial charge in [-0.1, -0.05) is 30.3 Å². The van der Waals surface area contributed by atoms with Gasteiger partial charge in [-0.2, -0.15) is 4.68 Å². The van der Waals surface area contributed by atoms with Gasteiger partial charge in [-0.25, -0.2) is 0 Å². The zero-order valence-corrected chi connectivity index (χ0v) is 14.0. The van der Waals surface area contributed by atoms with Crippen molar-refractivity contribution >= 4 is 17.8 Å². The van der Waals surface area contributed by atoms with Crippen LogP contribution in [0.25, 0.3) is 17.2 Å². The van der Waals surface area contributed by atoms with Crippen molar-refractivity contribution in [1.82, 2.24) is 9.78 Å². The molecule has 1 N–H and O–H groups in total. The fraction of sp³-hybridized carbons (Fsp3) is 0.222. The van der Waals surface area contributed by atoms with E-state index in [1.807, 2.05) is 12.1 Å². The van der Waals surface area contributed by atoms with E-state index in [2.05, 4.69) is 35.4 Å². The van der Waals surface area contributed by atoms with Gasteiger partial charge in [0.1, 0.15) is 0 Å². The van der Waals surface area contributed by atoms with Crippen LogP contribution in [0, 0.1) is 4.84 Å². The van der Waals surface area contributed by atoms with Crippen LogP contribution in [0.3, 0.4) is 0 Å². The summed E-state index contributed by atoms with van der Waals surface area (Å²) in [7, 11) is 0. The van der Waals surface area contributed by atoms with E-state index < -0.39 is 0 Å². The van der Waals surface area contributed by atoms with Gasteiger partial charge in [-0.15, -0.1) is 5.10 Å². The van der Waals surface area contributed by atoms with Crippen molar-refractivity contribution in [3.05, 3.63) is 65.2 Å². The summed E-state index contributed by atoms with van der Waals surface area (Å²) in [5.41, 5.74) is 2.73. The molecule has 0 amide bonds. The molecule has 3 heterocycles. The normalized spacial score (nSPS) is 17.7. The number of hydrogen-bond acceptors (Lipinski definition) is 4. The summed E-state index contributed by atoms with van der Waals surface area (Å²) >= 11 is 5.28. The summed E-state index contributed by atoms with van der Waals surface area (Å²) in [5.74, 6) is 1.03. The summed E-state index contributed by atoms with van der Waals surface area (Å²) in [6, 6.07) is 14.2. The van der Waals surface area contributed by atoms with Gasteiger partial charge in [0.05, 0.1) is 19.4 Å². The molecule has 4 rings (SSSR count). The molecule has 0 spiro atoms. The van der Waals surface area contributed by atoms with Crippen molar-refractivity contribution in [3.63, 3.8) is 0 Å². The SMILES string of the molecule is S=c1oc(-c2ccco2)nn1C[NH+]1CC=C(c2ccccc2)CC1. The molecule has 1 aromatic carbocycles. The van der Waals surface area contributed by atoms with Gasteiger partial charge in [0.25, 0.3) is 10.7 Å². The molecule has 0 saturated carbocycles. The van der Waals surface area contributed by atoms with E-state index in [1.54, 1.807) is 17.0 Å². The predicted molar refractivity (Wildman–Crippen MR) is 92.8 cm³/mol. The smallest absolute Gasteiger partial charge is 0.292 e. The van der Waals surface area contributed by atoms with Crippen LogP contribution in [0.1, 0.15) is 12.0 Å². The number of rotatable bonds is 4. The van der Waals surface area contributed by atoms with E-state index in [1.165, 1.54) is 16.0 Å². The average molecular weight is 340 g/mol. The molecule has 1 atom stereocenters. The molecule has 6 heteroatoms. The van der Waals surface area contributed by atoms with Crippen LogP contribution >= 0.6 is 12.2 Å². The quantitative estimate of drug-likeness (QED) is 0.742. The Labute approximate surface area is 144 Å². The number of nitrogens with zero attached hydrogens (tertiary/aromatic N) is 2. The molecule has 0 radical (unpaired) electrons. The summed E-state index contributed by atoms with van der Waals surface area (Å²) in [5, 5.41) is 4.43. The van der Waals surface area contributed by atoms with E-state index in [0.29, 0.717) is 23.2 Å². The third-order valence-corrected chi connectivity index (χ3v) is 4.54. The maximum Gasteiger partial charge on any atom is 0.292 e. The molecule has 5 nitrogen and oxygen atoms in total. The first kappa shape index (κ1) is 15.1. The van der Waals surface area contributed by atoms with E-state index in [9.17, 15) is 0 Å². The van der Waals surface area contributed by atoms with Gasteiger partial charge < -0.3 is 13.7 Å². The lowest BCUT2D eigenvalue weighted by Crippen LogP contribution is -3.11. The van der Waals surface area contributed by atoms with Crippen LogP contribution in [0.2, 0.25) is 0 Å². The molecule has 1 aliphatic rings. The molecule has 0 fully saturated rings. The number of nitrogens with one attached hydrogen (secondary N) is 1. The zero-order chi connectivity index (χ0) is 16.4. The second kappa shape index (κ2) is 6.59. The summed E-state index contributed by atoms with van der Waals surface area (Å²) < 4.78 is 12.6. The van der Waals surface area contributed by atoms with Gasteiger partial charge in [-0.05, 0) is 41.6 Å². The first-order valence-electron chi connectivity index (χ1n) is 7.99. The lowest BCUT2D eigenvalue weighted by Gasteiger charge is -2.23. The van der Waals surface area contributed by atoms with E-state index >= 15 is 0 Å². The Bertz CT molecular complexity index is 894. The molecular formula is C18H18N3O2S+. The van der Waals surface area contributed by atoms with Crippen molar-refractivity contribution in [1.29, 1.82) is 0 Å². The van der Waals surface area contributed by atoms with Gasteiger partial charge in [0.15, 0.2) is 12.4 Å². The van der Waals surface area contributed by atoms with Gasteiger partial charge in [-0.3, -0.25) is 0 Å². The number of hydrogen-bond donors (Lipinski definition) is 1. The fourth-order valence-electron chi connectivity index (χ4n) is 2.96. The maximum atomic E-state index is 5.54. The summed E-state index contributed by atoms with van der Waals surface area (Å²) in [4.78, 5) is 1.79. The first-order valence-corrected chi connectivity index (χ1v) is 8.40. The summed E-state index contributed by atoms with van der Waals surface area (Å²) in [6.07, 6.45) is 4.96. The number of aromatic nitrogens is 2. The van der Waals surface area contributed by atoms with Gasteiger partial charge >= 0.3 is 0 Å². The second-order valence-electron chi connectivity index (χ2n) is 5.86. The molecule has 0 aliphatic carbocycles. The average Bonchev–Trinajstić information content (AvgIpc) is 3.27. The van der Waals surface area contributed by atoms with Gasteiger partial charge in [0.2, 0.25) is 0 Å². The van der Waals surface area contributed by atoms with Crippen molar-refractivity contribution in [2.75, 3.05) is 13.1 Å². The standard InChI is InChI=1S/C18H17N3O2S/c24-18-21(19-17(23-18)16-7-4-12-22-16)13-20-10-8-15(9-11-20)14-5-2-1-3-6-14/h1-8,12H,9-11,13H2/p+1. The van der Waals surface area contributed by atoms with Crippen LogP contribution in [-0.2, 0) is 6.67 Å². The molecule has 1 aliphatic heterocycles. The number of quaternary nitrogens is 1. The fourth-order valence-corrected chi connectivity index (χ4v) is 3.14. The molecule has 1 unspecified atom stereocenters. The first-order chi connectivity index (χ1) is 11.8. The Hall–Kier alpha value is -2.44. The third-order valence-electron chi connectivity index (χ3n) is 4.24. The highest BCUT2D eigenvalue weighted by molar-refractivity contribution is 7.71. The molecule has 122 valence electrons. The Morgan fingerprint density at radius 3 is 2.75 bits per heavy atom. The van der Waals surface area contributed by atoms with E-state index in [4.69, 9.17) is 21.1 Å². The monoisotopic (exact) mass is 340 g/mol. The van der Waals surface area contributed by atoms with Crippen LogP contribution in [-0.4, -0.2) is 22.9 Å². The lowest BCUT2D eigenvalue weighted by molar-refractivity contribution is -0.918. The topological polar surface area (TPSA) is 48.5 Å². The minimum absolute atomic E-state index is 0.381. The second-order valence-corrected chi connectivity index (χ2v) is 6.21. The van der Waals surface area contributed by atoms with Crippen molar-refractivity contribution < 1.29 is 13.7 Å². The molecule has 3 aromatic rings. The molecule has 0 saturated heterocycles. The highest BCUT2D eigenvalue weighted by atomic mass is 32.1. The lowest BCUT2D eigenvalue weighted by atomic mass is 10.00. The van der Waals surface area contributed by atoms with E-state index in [0.717, 1.165) is 19.5 Å². The highest BCUT2D eigenvalue weighted by Crippen LogP contribution is 2.19. The molecule has 24 heavy (non-hydrogen) atoms. The van der Waals surface area contributed by atoms with Crippen LogP contribution < -0.4 is 4.90 Å². The highest BCUT2D eigenvalue weighted by Gasteiger charge is 2.19. The molecular weight excluding hydrogens is 322 g/mol. The number of benzene rings is 1. The predicted octanol–water partition coefficient (Wildman–Crippen LogP) is 2.80. The maximum absolute atomic E-state index is 5.54. The zero-order valence-electron chi connectivity index (χ0n) is 13.1. The van der Waals surface area contributed by atoms with Crippen molar-refractivity contribution in [3.8, 4) is 11.7 Å². The van der Waals surface area contributed by atoms with Crippen LogP contribution in [0.4, 0.5) is 0 Å². The third kappa shape index (κ3) is 3.11. The van der Waals surface area contributed by atoms with Crippen LogP contribution in [0.15, 0.2) is 63.6 Å². The van der Waals surface area contributed by atoms with E-state index in [-0.39, 0.29) is 0 Å². The largest absolute Gasteiger partial charge is 0.459 e. The Balaban J connectivity index is 1.46. The Morgan fingerprint density at radius 1 is 1.17 bits per heavy atom. The van der Waals surface area contributed by atoms with Crippen LogP contribution in [0.5, 0.6) is 0 Å². The van der Waals surface area contributed by atoms with Crippen molar-refractivity contribution in [2.45, 2.75) is 13.1 Å². The molecule has 2 aromatic heterocycles. The Kier molecular flexibility index (Phi) is 4.15.